The van der Waals surface area contributed by atoms with Crippen LogP contribution in [0.5, 0.6) is 5.75 Å². The molecule has 6 heteroatoms. The van der Waals surface area contributed by atoms with Gasteiger partial charge in [-0.15, -0.1) is 0 Å². The van der Waals surface area contributed by atoms with Crippen molar-refractivity contribution < 1.29 is 23.8 Å². The summed E-state index contributed by atoms with van der Waals surface area (Å²) < 4.78 is 25.6. The summed E-state index contributed by atoms with van der Waals surface area (Å²) in [5, 5.41) is 17.3. The van der Waals surface area contributed by atoms with Gasteiger partial charge in [0.1, 0.15) is 6.04 Å². The van der Waals surface area contributed by atoms with E-state index in [1.807, 2.05) is 0 Å². The predicted octanol–water partition coefficient (Wildman–Crippen LogP) is 0.755. The summed E-state index contributed by atoms with van der Waals surface area (Å²) >= 11 is 0. The SMILES string of the molecule is NC(C(=O)O)c1ccc(F)c(O)c1F. The van der Waals surface area contributed by atoms with Crippen LogP contribution in [-0.2, 0) is 4.79 Å². The molecule has 1 unspecified atom stereocenters. The first-order valence-corrected chi connectivity index (χ1v) is 3.60. The number of aromatic hydroxyl groups is 1. The summed E-state index contributed by atoms with van der Waals surface area (Å²) in [6, 6.07) is 0.00111. The number of phenols is 1. The van der Waals surface area contributed by atoms with Gasteiger partial charge in [-0.1, -0.05) is 6.07 Å². The molecule has 0 radical (unpaired) electrons. The van der Waals surface area contributed by atoms with Crippen molar-refractivity contribution in [1.29, 1.82) is 0 Å². The van der Waals surface area contributed by atoms with Gasteiger partial charge in [0.15, 0.2) is 17.4 Å². The highest BCUT2D eigenvalue weighted by Gasteiger charge is 2.22. The Balaban J connectivity index is 3.24. The van der Waals surface area contributed by atoms with E-state index in [4.69, 9.17) is 15.9 Å². The molecule has 0 aliphatic rings. The highest BCUT2D eigenvalue weighted by atomic mass is 19.1. The van der Waals surface area contributed by atoms with Crippen LogP contribution >= 0.6 is 0 Å². The number of rotatable bonds is 2. The van der Waals surface area contributed by atoms with Crippen molar-refractivity contribution in [2.45, 2.75) is 6.04 Å². The second-order valence-electron chi connectivity index (χ2n) is 2.62. The molecule has 0 saturated heterocycles. The summed E-state index contributed by atoms with van der Waals surface area (Å²) in [5.74, 6) is -5.20. The summed E-state index contributed by atoms with van der Waals surface area (Å²) in [6.45, 7) is 0. The van der Waals surface area contributed by atoms with Crippen molar-refractivity contribution in [2.24, 2.45) is 5.73 Å². The van der Waals surface area contributed by atoms with Gasteiger partial charge in [-0.2, -0.15) is 0 Å². The lowest BCUT2D eigenvalue weighted by molar-refractivity contribution is -0.138. The first-order chi connectivity index (χ1) is 6.45. The third kappa shape index (κ3) is 1.64. The van der Waals surface area contributed by atoms with E-state index in [9.17, 15) is 13.6 Å². The van der Waals surface area contributed by atoms with Crippen LogP contribution in [0, 0.1) is 11.6 Å². The largest absolute Gasteiger partial charge is 0.503 e. The maximum atomic E-state index is 13.0. The Bertz CT molecular complexity index is 381. The van der Waals surface area contributed by atoms with Crippen molar-refractivity contribution in [3.63, 3.8) is 0 Å². The Morgan fingerprint density at radius 3 is 2.50 bits per heavy atom. The Morgan fingerprint density at radius 1 is 1.43 bits per heavy atom. The molecule has 0 fully saturated rings. The first-order valence-electron chi connectivity index (χ1n) is 3.60. The Hall–Kier alpha value is -1.69. The maximum Gasteiger partial charge on any atom is 0.325 e. The lowest BCUT2D eigenvalue weighted by Crippen LogP contribution is -2.21. The number of carboxylic acid groups (broad SMARTS) is 1. The van der Waals surface area contributed by atoms with E-state index >= 15 is 0 Å². The van der Waals surface area contributed by atoms with Crippen molar-refractivity contribution in [2.75, 3.05) is 0 Å². The number of hydrogen-bond donors (Lipinski definition) is 3. The van der Waals surface area contributed by atoms with E-state index in [0.717, 1.165) is 12.1 Å². The minimum Gasteiger partial charge on any atom is -0.503 e. The number of phenolic OH excluding ortho intramolecular Hbond substituents is 1. The Morgan fingerprint density at radius 2 is 2.00 bits per heavy atom. The monoisotopic (exact) mass is 203 g/mol. The summed E-state index contributed by atoms with van der Waals surface area (Å²) in [6.07, 6.45) is 0. The summed E-state index contributed by atoms with van der Waals surface area (Å²) in [5.41, 5.74) is 4.62. The summed E-state index contributed by atoms with van der Waals surface area (Å²) in [4.78, 5) is 10.4. The van der Waals surface area contributed by atoms with Crippen molar-refractivity contribution in [3.8, 4) is 5.75 Å². The van der Waals surface area contributed by atoms with Gasteiger partial charge in [0.2, 0.25) is 0 Å². The van der Waals surface area contributed by atoms with Gasteiger partial charge in [0.25, 0.3) is 0 Å². The second kappa shape index (κ2) is 3.59. The Labute approximate surface area is 77.6 Å². The smallest absolute Gasteiger partial charge is 0.325 e. The zero-order valence-corrected chi connectivity index (χ0v) is 6.87. The molecular formula is C8H7F2NO3. The minimum atomic E-state index is -1.62. The van der Waals surface area contributed by atoms with Crippen LogP contribution < -0.4 is 5.73 Å². The molecular weight excluding hydrogens is 196 g/mol. The molecule has 1 atom stereocenters. The van der Waals surface area contributed by atoms with Crippen LogP contribution in [0.1, 0.15) is 11.6 Å². The maximum absolute atomic E-state index is 13.0. The number of hydrogen-bond acceptors (Lipinski definition) is 3. The highest BCUT2D eigenvalue weighted by molar-refractivity contribution is 5.75. The van der Waals surface area contributed by atoms with Crippen LogP contribution in [0.3, 0.4) is 0 Å². The van der Waals surface area contributed by atoms with Crippen LogP contribution in [0.25, 0.3) is 0 Å². The third-order valence-electron chi connectivity index (χ3n) is 1.70. The molecule has 0 saturated carbocycles. The Kier molecular flexibility index (Phi) is 2.66. The molecule has 1 rings (SSSR count). The van der Waals surface area contributed by atoms with Crippen LogP contribution in [-0.4, -0.2) is 16.2 Å². The summed E-state index contributed by atoms with van der Waals surface area (Å²) in [7, 11) is 0. The highest BCUT2D eigenvalue weighted by Crippen LogP contribution is 2.26. The fourth-order valence-corrected chi connectivity index (χ4v) is 0.930. The molecule has 76 valence electrons. The van der Waals surface area contributed by atoms with Gasteiger partial charge in [-0.05, 0) is 6.07 Å². The number of aliphatic carboxylic acids is 1. The van der Waals surface area contributed by atoms with Crippen LogP contribution in [0.2, 0.25) is 0 Å². The molecule has 14 heavy (non-hydrogen) atoms. The number of carbonyl (C=O) groups is 1. The van der Waals surface area contributed by atoms with Gasteiger partial charge < -0.3 is 15.9 Å². The molecule has 0 bridgehead atoms. The number of nitrogens with two attached hydrogens (primary N) is 1. The molecule has 0 aromatic heterocycles. The average Bonchev–Trinajstić information content (AvgIpc) is 2.13. The van der Waals surface area contributed by atoms with Gasteiger partial charge in [0, 0.05) is 5.56 Å². The lowest BCUT2D eigenvalue weighted by atomic mass is 10.1. The van der Waals surface area contributed by atoms with Gasteiger partial charge in [-0.25, -0.2) is 8.78 Å². The number of benzene rings is 1. The topological polar surface area (TPSA) is 83.6 Å². The van der Waals surface area contributed by atoms with Gasteiger partial charge in [-0.3, -0.25) is 4.79 Å². The quantitative estimate of drug-likeness (QED) is 0.662. The molecule has 1 aromatic rings. The molecule has 0 amide bonds. The standard InChI is InChI=1S/C8H7F2NO3/c9-4-2-1-3(5(10)7(4)12)6(11)8(13)14/h1-2,6,12H,11H2,(H,13,14). The minimum absolute atomic E-state index is 0.462. The molecule has 1 aromatic carbocycles. The average molecular weight is 203 g/mol. The first kappa shape index (κ1) is 10.4. The van der Waals surface area contributed by atoms with E-state index in [2.05, 4.69) is 0 Å². The number of carboxylic acids is 1. The van der Waals surface area contributed by atoms with Crippen molar-refractivity contribution >= 4 is 5.97 Å². The van der Waals surface area contributed by atoms with Crippen LogP contribution in [0.15, 0.2) is 12.1 Å². The molecule has 0 spiro atoms. The fraction of sp³-hybridized carbons (Fsp3) is 0.125. The van der Waals surface area contributed by atoms with Crippen molar-refractivity contribution in [3.05, 3.63) is 29.3 Å². The third-order valence-corrected chi connectivity index (χ3v) is 1.70. The van der Waals surface area contributed by atoms with E-state index in [-0.39, 0.29) is 0 Å². The lowest BCUT2D eigenvalue weighted by Gasteiger charge is -2.08. The van der Waals surface area contributed by atoms with E-state index < -0.39 is 35.0 Å². The van der Waals surface area contributed by atoms with E-state index in [1.54, 1.807) is 0 Å². The predicted molar refractivity (Wildman–Crippen MR) is 42.6 cm³/mol. The van der Waals surface area contributed by atoms with Crippen LogP contribution in [0.4, 0.5) is 8.78 Å². The molecule has 0 aliphatic heterocycles. The van der Waals surface area contributed by atoms with Gasteiger partial charge in [0.05, 0.1) is 0 Å². The molecule has 0 aliphatic carbocycles. The number of halogens is 2. The fourth-order valence-electron chi connectivity index (χ4n) is 0.930. The van der Waals surface area contributed by atoms with E-state index in [0.29, 0.717) is 0 Å². The molecule has 4 N–H and O–H groups in total. The molecule has 0 heterocycles. The van der Waals surface area contributed by atoms with Crippen molar-refractivity contribution in [1.82, 2.24) is 0 Å². The van der Waals surface area contributed by atoms with E-state index in [1.165, 1.54) is 0 Å². The molecule has 4 nitrogen and oxygen atoms in total. The van der Waals surface area contributed by atoms with Gasteiger partial charge >= 0.3 is 5.97 Å². The second-order valence-corrected chi connectivity index (χ2v) is 2.62. The normalized spacial score (nSPS) is 12.5. The zero-order chi connectivity index (χ0) is 10.9. The zero-order valence-electron chi connectivity index (χ0n) is 6.87.